The number of hydrogen-bond donors (Lipinski definition) is 2. The van der Waals surface area contributed by atoms with E-state index in [2.05, 4.69) is 34.6 Å². The molecule has 2 heterocycles. The van der Waals surface area contributed by atoms with E-state index in [1.807, 2.05) is 4.68 Å². The first kappa shape index (κ1) is 21.8. The third-order valence-electron chi connectivity index (χ3n) is 5.01. The third kappa shape index (κ3) is 6.30. The number of aromatic nitrogens is 4. The Labute approximate surface area is 176 Å². The highest BCUT2D eigenvalue weighted by Gasteiger charge is 2.18. The first-order chi connectivity index (χ1) is 14.1. The maximum absolute atomic E-state index is 12.2. The van der Waals surface area contributed by atoms with Gasteiger partial charge in [0.15, 0.2) is 10.8 Å². The van der Waals surface area contributed by atoms with Crippen LogP contribution in [0.3, 0.4) is 0 Å². The number of amides is 1. The fourth-order valence-corrected chi connectivity index (χ4v) is 4.32. The number of carbonyl (C=O) groups is 1. The van der Waals surface area contributed by atoms with Crippen molar-refractivity contribution in [2.45, 2.75) is 62.9 Å². The summed E-state index contributed by atoms with van der Waals surface area (Å²) in [6.07, 6.45) is 7.31. The van der Waals surface area contributed by atoms with Crippen molar-refractivity contribution in [2.24, 2.45) is 5.92 Å². The number of carbonyl (C=O) groups excluding carboxylic acids is 1. The molecular formula is C20H32N6O2S. The van der Waals surface area contributed by atoms with Crippen LogP contribution in [0.5, 0.6) is 0 Å². The molecule has 1 amide bonds. The molecule has 1 aliphatic rings. The van der Waals surface area contributed by atoms with Gasteiger partial charge in [0.2, 0.25) is 5.91 Å². The fourth-order valence-electron chi connectivity index (χ4n) is 3.62. The molecule has 0 aliphatic heterocycles. The number of thioether (sulfide) groups is 1. The summed E-state index contributed by atoms with van der Waals surface area (Å²) in [5.74, 6) is 1.47. The first-order valence-corrected chi connectivity index (χ1v) is 11.3. The van der Waals surface area contributed by atoms with Crippen molar-refractivity contribution in [3.63, 3.8) is 0 Å². The Morgan fingerprint density at radius 3 is 2.83 bits per heavy atom. The van der Waals surface area contributed by atoms with Crippen LogP contribution in [0.1, 0.15) is 46.0 Å². The summed E-state index contributed by atoms with van der Waals surface area (Å²) in [5.41, 5.74) is 0.785. The monoisotopic (exact) mass is 420 g/mol. The topological polar surface area (TPSA) is 94.0 Å². The second-order valence-electron chi connectivity index (χ2n) is 7.75. The zero-order valence-electron chi connectivity index (χ0n) is 17.6. The van der Waals surface area contributed by atoms with Crippen LogP contribution in [0.4, 0.5) is 5.82 Å². The molecule has 2 aromatic heterocycles. The van der Waals surface area contributed by atoms with Gasteiger partial charge in [0.05, 0.1) is 24.7 Å². The number of rotatable bonds is 11. The van der Waals surface area contributed by atoms with Crippen LogP contribution in [-0.2, 0) is 16.1 Å². The Bertz CT molecular complexity index is 804. The average Bonchev–Trinajstić information content (AvgIpc) is 3.32. The molecule has 1 aliphatic carbocycles. The maximum Gasteiger partial charge on any atom is 0.220 e. The molecule has 8 nitrogen and oxygen atoms in total. The van der Waals surface area contributed by atoms with E-state index in [-0.39, 0.29) is 5.91 Å². The molecule has 3 rings (SSSR count). The Kier molecular flexibility index (Phi) is 8.11. The summed E-state index contributed by atoms with van der Waals surface area (Å²) in [4.78, 5) is 21.5. The van der Waals surface area contributed by atoms with Gasteiger partial charge in [-0.25, -0.2) is 14.6 Å². The first-order valence-electron chi connectivity index (χ1n) is 10.5. The molecule has 9 heteroatoms. The summed E-state index contributed by atoms with van der Waals surface area (Å²) in [7, 11) is 1.68. The minimum atomic E-state index is 0.140. The lowest BCUT2D eigenvalue weighted by Gasteiger charge is -2.11. The van der Waals surface area contributed by atoms with Crippen molar-refractivity contribution in [3.8, 4) is 0 Å². The van der Waals surface area contributed by atoms with Crippen LogP contribution in [0.2, 0.25) is 0 Å². The molecule has 0 unspecified atom stereocenters. The SMILES string of the molecule is COCCNc1nc(SC(C)C)nc2c1cnn2CCNC(=O)CC1CCCC1. The molecule has 0 aromatic carbocycles. The zero-order valence-corrected chi connectivity index (χ0v) is 18.4. The minimum absolute atomic E-state index is 0.140. The van der Waals surface area contributed by atoms with E-state index >= 15 is 0 Å². The third-order valence-corrected chi connectivity index (χ3v) is 5.87. The number of methoxy groups -OCH3 is 1. The number of hydrogen-bond acceptors (Lipinski definition) is 7. The lowest BCUT2D eigenvalue weighted by Crippen LogP contribution is -2.28. The summed E-state index contributed by atoms with van der Waals surface area (Å²) in [5, 5.41) is 12.8. The van der Waals surface area contributed by atoms with Gasteiger partial charge in [-0.05, 0) is 18.8 Å². The average molecular weight is 421 g/mol. The molecule has 0 bridgehead atoms. The summed E-state index contributed by atoms with van der Waals surface area (Å²) >= 11 is 1.62. The smallest absolute Gasteiger partial charge is 0.220 e. The van der Waals surface area contributed by atoms with Gasteiger partial charge in [0, 0.05) is 31.9 Å². The highest BCUT2D eigenvalue weighted by molar-refractivity contribution is 7.99. The number of fused-ring (bicyclic) bond motifs is 1. The zero-order chi connectivity index (χ0) is 20.6. The molecular weight excluding hydrogens is 388 g/mol. The van der Waals surface area contributed by atoms with E-state index in [9.17, 15) is 4.79 Å². The molecule has 0 spiro atoms. The normalized spacial score (nSPS) is 14.8. The van der Waals surface area contributed by atoms with Crippen LogP contribution in [0, 0.1) is 5.92 Å². The van der Waals surface area contributed by atoms with Crippen molar-refractivity contribution in [1.82, 2.24) is 25.1 Å². The van der Waals surface area contributed by atoms with E-state index in [1.54, 1.807) is 25.1 Å². The van der Waals surface area contributed by atoms with Crippen LogP contribution >= 0.6 is 11.8 Å². The number of nitrogens with one attached hydrogen (secondary N) is 2. The van der Waals surface area contributed by atoms with Crippen molar-refractivity contribution in [2.75, 3.05) is 32.1 Å². The van der Waals surface area contributed by atoms with Crippen molar-refractivity contribution in [3.05, 3.63) is 6.20 Å². The second kappa shape index (κ2) is 10.8. The molecule has 0 atom stereocenters. The molecule has 160 valence electrons. The van der Waals surface area contributed by atoms with Gasteiger partial charge in [-0.15, -0.1) is 0 Å². The number of ether oxygens (including phenoxy) is 1. The van der Waals surface area contributed by atoms with E-state index in [4.69, 9.17) is 9.72 Å². The molecule has 2 aromatic rings. The fraction of sp³-hybridized carbons (Fsp3) is 0.700. The van der Waals surface area contributed by atoms with E-state index < -0.39 is 0 Å². The quantitative estimate of drug-likeness (QED) is 0.328. The van der Waals surface area contributed by atoms with Gasteiger partial charge >= 0.3 is 0 Å². The van der Waals surface area contributed by atoms with Crippen molar-refractivity contribution >= 4 is 34.5 Å². The highest BCUT2D eigenvalue weighted by atomic mass is 32.2. The largest absolute Gasteiger partial charge is 0.383 e. The summed E-state index contributed by atoms with van der Waals surface area (Å²) in [6.45, 7) is 6.63. The van der Waals surface area contributed by atoms with Crippen LogP contribution < -0.4 is 10.6 Å². The minimum Gasteiger partial charge on any atom is -0.383 e. The highest BCUT2D eigenvalue weighted by Crippen LogP contribution is 2.28. The number of nitrogens with zero attached hydrogens (tertiary/aromatic N) is 4. The lowest BCUT2D eigenvalue weighted by molar-refractivity contribution is -0.122. The number of anilines is 1. The second-order valence-corrected chi connectivity index (χ2v) is 9.29. The Morgan fingerprint density at radius 1 is 1.31 bits per heavy atom. The lowest BCUT2D eigenvalue weighted by atomic mass is 10.0. The molecule has 0 radical (unpaired) electrons. The van der Waals surface area contributed by atoms with Crippen LogP contribution in [0.15, 0.2) is 11.4 Å². The summed E-state index contributed by atoms with van der Waals surface area (Å²) < 4.78 is 6.97. The standard InChI is InChI=1S/C20H32N6O2S/c1-14(2)29-20-24-18(22-9-11-28-3)16-13-23-26(19(16)25-20)10-8-21-17(27)12-15-6-4-5-7-15/h13-15H,4-12H2,1-3H3,(H,21,27)(H,22,24,25). The van der Waals surface area contributed by atoms with Gasteiger partial charge in [0.25, 0.3) is 0 Å². The maximum atomic E-state index is 12.2. The molecule has 2 N–H and O–H groups in total. The Morgan fingerprint density at radius 2 is 2.10 bits per heavy atom. The van der Waals surface area contributed by atoms with Gasteiger partial charge in [-0.3, -0.25) is 4.79 Å². The molecule has 0 saturated heterocycles. The van der Waals surface area contributed by atoms with E-state index in [1.165, 1.54) is 25.7 Å². The van der Waals surface area contributed by atoms with Crippen molar-refractivity contribution < 1.29 is 9.53 Å². The van der Waals surface area contributed by atoms with E-state index in [0.29, 0.717) is 43.8 Å². The van der Waals surface area contributed by atoms with Crippen LogP contribution in [-0.4, -0.2) is 57.7 Å². The van der Waals surface area contributed by atoms with Crippen molar-refractivity contribution in [1.29, 1.82) is 0 Å². The van der Waals surface area contributed by atoms with E-state index in [0.717, 1.165) is 22.0 Å². The molecule has 29 heavy (non-hydrogen) atoms. The van der Waals surface area contributed by atoms with Gasteiger partial charge < -0.3 is 15.4 Å². The van der Waals surface area contributed by atoms with Crippen LogP contribution in [0.25, 0.3) is 11.0 Å². The molecule has 1 fully saturated rings. The molecule has 1 saturated carbocycles. The predicted octanol–water partition coefficient (Wildman–Crippen LogP) is 3.08. The Balaban J connectivity index is 1.66. The van der Waals surface area contributed by atoms with Gasteiger partial charge in [-0.2, -0.15) is 5.10 Å². The Hall–Kier alpha value is -1.87. The summed E-state index contributed by atoms with van der Waals surface area (Å²) in [6, 6.07) is 0. The predicted molar refractivity (Wildman–Crippen MR) is 116 cm³/mol. The van der Waals surface area contributed by atoms with Gasteiger partial charge in [-0.1, -0.05) is 38.5 Å². The van der Waals surface area contributed by atoms with Gasteiger partial charge in [0.1, 0.15) is 5.82 Å².